The van der Waals surface area contributed by atoms with E-state index < -0.39 is 12.6 Å². The van der Waals surface area contributed by atoms with Gasteiger partial charge in [-0.15, -0.1) is 0 Å². The highest BCUT2D eigenvalue weighted by atomic mass is 16.6. The number of hydrogen-bond acceptors (Lipinski definition) is 5. The van der Waals surface area contributed by atoms with Crippen molar-refractivity contribution in [3.05, 3.63) is 28.8 Å². The molecule has 2 unspecified atom stereocenters. The summed E-state index contributed by atoms with van der Waals surface area (Å²) in [6.07, 6.45) is 2.41. The summed E-state index contributed by atoms with van der Waals surface area (Å²) in [5.41, 5.74) is 1.77. The first-order chi connectivity index (χ1) is 12.4. The van der Waals surface area contributed by atoms with E-state index in [9.17, 15) is 9.59 Å². The number of ether oxygens (including phenoxy) is 3. The highest BCUT2D eigenvalue weighted by Gasteiger charge is 2.41. The van der Waals surface area contributed by atoms with Crippen molar-refractivity contribution in [2.24, 2.45) is 0 Å². The third-order valence-electron chi connectivity index (χ3n) is 4.96. The SMILES string of the molecule is Cc1cc(C(=O)NC2CCOC3(CCOC3)C2)cc(C)c1OCC(=O)O. The number of aliphatic carboxylic acids is 1. The van der Waals surface area contributed by atoms with Crippen LogP contribution in [0.5, 0.6) is 5.75 Å². The predicted molar refractivity (Wildman–Crippen MR) is 93.7 cm³/mol. The van der Waals surface area contributed by atoms with Crippen LogP contribution in [0.4, 0.5) is 0 Å². The standard InChI is InChI=1S/C19H25NO6/c1-12-7-14(8-13(2)17(12)25-10-16(21)22)18(23)20-15-3-5-26-19(9-15)4-6-24-11-19/h7-8,15H,3-6,9-11H2,1-2H3,(H,20,23)(H,21,22). The number of hydrogen-bond donors (Lipinski definition) is 2. The Kier molecular flexibility index (Phi) is 5.48. The maximum atomic E-state index is 12.7. The molecule has 142 valence electrons. The van der Waals surface area contributed by atoms with E-state index in [4.69, 9.17) is 19.3 Å². The number of carbonyl (C=O) groups is 2. The van der Waals surface area contributed by atoms with Crippen molar-refractivity contribution in [1.29, 1.82) is 0 Å². The summed E-state index contributed by atoms with van der Waals surface area (Å²) in [4.78, 5) is 23.4. The summed E-state index contributed by atoms with van der Waals surface area (Å²) in [5.74, 6) is -0.658. The largest absolute Gasteiger partial charge is 0.481 e. The fraction of sp³-hybridized carbons (Fsp3) is 0.579. The molecule has 0 aliphatic carbocycles. The first-order valence-electron chi connectivity index (χ1n) is 8.87. The molecule has 1 aromatic carbocycles. The van der Waals surface area contributed by atoms with Gasteiger partial charge in [0.1, 0.15) is 5.75 Å². The lowest BCUT2D eigenvalue weighted by Gasteiger charge is -2.37. The van der Waals surface area contributed by atoms with Crippen molar-refractivity contribution in [2.45, 2.75) is 44.8 Å². The number of aryl methyl sites for hydroxylation is 2. The summed E-state index contributed by atoms with van der Waals surface area (Å²) in [6.45, 7) is 5.12. The van der Waals surface area contributed by atoms with Crippen molar-refractivity contribution in [3.63, 3.8) is 0 Å². The first kappa shape index (κ1) is 18.7. The van der Waals surface area contributed by atoms with E-state index in [-0.39, 0.29) is 17.6 Å². The Morgan fingerprint density at radius 1 is 1.31 bits per heavy atom. The number of carboxylic acids is 1. The molecule has 2 N–H and O–H groups in total. The van der Waals surface area contributed by atoms with E-state index in [0.717, 1.165) is 30.4 Å². The Bertz CT molecular complexity index is 672. The van der Waals surface area contributed by atoms with Crippen molar-refractivity contribution in [3.8, 4) is 5.75 Å². The Hall–Kier alpha value is -2.12. The van der Waals surface area contributed by atoms with E-state index in [1.807, 2.05) is 0 Å². The smallest absolute Gasteiger partial charge is 0.341 e. The first-order valence-corrected chi connectivity index (χ1v) is 8.87. The molecular formula is C19H25NO6. The van der Waals surface area contributed by atoms with Crippen LogP contribution >= 0.6 is 0 Å². The highest BCUT2D eigenvalue weighted by molar-refractivity contribution is 5.95. The lowest BCUT2D eigenvalue weighted by atomic mass is 9.89. The quantitative estimate of drug-likeness (QED) is 0.829. The molecule has 1 amide bonds. The Balaban J connectivity index is 1.67. The normalized spacial score (nSPS) is 25.2. The summed E-state index contributed by atoms with van der Waals surface area (Å²) < 4.78 is 16.7. The zero-order chi connectivity index (χ0) is 18.7. The second-order valence-electron chi connectivity index (χ2n) is 7.12. The molecule has 2 saturated heterocycles. The van der Waals surface area contributed by atoms with E-state index in [2.05, 4.69) is 5.32 Å². The minimum atomic E-state index is -1.03. The van der Waals surface area contributed by atoms with Gasteiger partial charge in [0, 0.05) is 31.2 Å². The van der Waals surface area contributed by atoms with E-state index >= 15 is 0 Å². The van der Waals surface area contributed by atoms with Gasteiger partial charge in [0.2, 0.25) is 0 Å². The predicted octanol–water partition coefficient (Wildman–Crippen LogP) is 1.83. The zero-order valence-corrected chi connectivity index (χ0v) is 15.2. The number of carbonyl (C=O) groups excluding carboxylic acids is 1. The lowest BCUT2D eigenvalue weighted by molar-refractivity contribution is -0.139. The number of amides is 1. The molecule has 2 atom stereocenters. The van der Waals surface area contributed by atoms with Gasteiger partial charge in [-0.05, 0) is 49.9 Å². The molecular weight excluding hydrogens is 338 g/mol. The van der Waals surface area contributed by atoms with E-state index in [1.165, 1.54) is 0 Å². The maximum absolute atomic E-state index is 12.7. The van der Waals surface area contributed by atoms with Crippen LogP contribution in [0.15, 0.2) is 12.1 Å². The van der Waals surface area contributed by atoms with Crippen LogP contribution < -0.4 is 10.1 Å². The number of benzene rings is 1. The van der Waals surface area contributed by atoms with Crippen LogP contribution in [0, 0.1) is 13.8 Å². The van der Waals surface area contributed by atoms with E-state index in [1.54, 1.807) is 26.0 Å². The monoisotopic (exact) mass is 363 g/mol. The van der Waals surface area contributed by atoms with Crippen LogP contribution in [0.1, 0.15) is 40.7 Å². The molecule has 1 spiro atoms. The molecule has 0 radical (unpaired) electrons. The molecule has 2 heterocycles. The molecule has 7 heteroatoms. The third kappa shape index (κ3) is 4.16. The topological polar surface area (TPSA) is 94.1 Å². The number of nitrogens with one attached hydrogen (secondary N) is 1. The summed E-state index contributed by atoms with van der Waals surface area (Å²) in [5, 5.41) is 11.9. The summed E-state index contributed by atoms with van der Waals surface area (Å²) >= 11 is 0. The molecule has 0 saturated carbocycles. The van der Waals surface area contributed by atoms with E-state index in [0.29, 0.717) is 31.1 Å². The van der Waals surface area contributed by atoms with Crippen molar-refractivity contribution in [1.82, 2.24) is 5.32 Å². The summed E-state index contributed by atoms with van der Waals surface area (Å²) in [7, 11) is 0. The average molecular weight is 363 g/mol. The molecule has 1 aromatic rings. The minimum absolute atomic E-state index is 0.0569. The van der Waals surface area contributed by atoms with Crippen molar-refractivity contribution in [2.75, 3.05) is 26.4 Å². The fourth-order valence-electron chi connectivity index (χ4n) is 3.73. The van der Waals surface area contributed by atoms with Crippen LogP contribution in [0.3, 0.4) is 0 Å². The minimum Gasteiger partial charge on any atom is -0.481 e. The molecule has 26 heavy (non-hydrogen) atoms. The molecule has 7 nitrogen and oxygen atoms in total. The van der Waals surface area contributed by atoms with Crippen LogP contribution in [-0.4, -0.2) is 55.1 Å². The fourth-order valence-corrected chi connectivity index (χ4v) is 3.73. The molecule has 2 aliphatic rings. The third-order valence-corrected chi connectivity index (χ3v) is 4.96. The van der Waals surface area contributed by atoms with Crippen molar-refractivity contribution >= 4 is 11.9 Å². The highest BCUT2D eigenvalue weighted by Crippen LogP contribution is 2.33. The molecule has 0 bridgehead atoms. The molecule has 0 aromatic heterocycles. The molecule has 3 rings (SSSR count). The van der Waals surface area contributed by atoms with Gasteiger partial charge >= 0.3 is 5.97 Å². The van der Waals surface area contributed by atoms with Gasteiger partial charge in [-0.3, -0.25) is 4.79 Å². The second-order valence-corrected chi connectivity index (χ2v) is 7.12. The number of rotatable bonds is 5. The molecule has 2 fully saturated rings. The Morgan fingerprint density at radius 2 is 2.04 bits per heavy atom. The summed E-state index contributed by atoms with van der Waals surface area (Å²) in [6, 6.07) is 3.52. The Morgan fingerprint density at radius 3 is 2.65 bits per heavy atom. The maximum Gasteiger partial charge on any atom is 0.341 e. The van der Waals surface area contributed by atoms with Gasteiger partial charge in [-0.1, -0.05) is 0 Å². The number of carboxylic acid groups (broad SMARTS) is 1. The van der Waals surface area contributed by atoms with Gasteiger partial charge < -0.3 is 24.6 Å². The zero-order valence-electron chi connectivity index (χ0n) is 15.2. The second kappa shape index (κ2) is 7.63. The van der Waals surface area contributed by atoms with Crippen LogP contribution in [-0.2, 0) is 14.3 Å². The lowest BCUT2D eigenvalue weighted by Crippen LogP contribution is -2.49. The van der Waals surface area contributed by atoms with Gasteiger partial charge in [0.15, 0.2) is 6.61 Å². The average Bonchev–Trinajstić information content (AvgIpc) is 3.01. The molecule has 2 aliphatic heterocycles. The Labute approximate surface area is 152 Å². The van der Waals surface area contributed by atoms with Crippen LogP contribution in [0.25, 0.3) is 0 Å². The van der Waals surface area contributed by atoms with Gasteiger partial charge in [-0.2, -0.15) is 0 Å². The van der Waals surface area contributed by atoms with Gasteiger partial charge in [0.25, 0.3) is 5.91 Å². The van der Waals surface area contributed by atoms with Crippen molar-refractivity contribution < 1.29 is 28.9 Å². The van der Waals surface area contributed by atoms with Crippen LogP contribution in [0.2, 0.25) is 0 Å². The van der Waals surface area contributed by atoms with Gasteiger partial charge in [0.05, 0.1) is 12.2 Å². The van der Waals surface area contributed by atoms with Gasteiger partial charge in [-0.25, -0.2) is 4.79 Å².